The molecule has 0 radical (unpaired) electrons. The van der Waals surface area contributed by atoms with Crippen LogP contribution in [-0.2, 0) is 0 Å². The Labute approximate surface area is 104 Å². The van der Waals surface area contributed by atoms with Crippen LogP contribution in [0.2, 0.25) is 0 Å². The van der Waals surface area contributed by atoms with E-state index in [2.05, 4.69) is 28.5 Å². The van der Waals surface area contributed by atoms with Gasteiger partial charge in [0.15, 0.2) is 5.69 Å². The summed E-state index contributed by atoms with van der Waals surface area (Å²) in [6.07, 6.45) is 0.924. The van der Waals surface area contributed by atoms with Crippen molar-refractivity contribution in [3.63, 3.8) is 0 Å². The molecule has 1 amide bonds. The van der Waals surface area contributed by atoms with Crippen molar-refractivity contribution in [1.82, 2.24) is 15.5 Å². The smallest absolute Gasteiger partial charge is 0.271 e. The molecule has 90 valence electrons. The monoisotopic (exact) mass is 249 g/mol. The lowest BCUT2D eigenvalue weighted by Crippen LogP contribution is -2.24. The Hall–Kier alpha value is -1.62. The van der Waals surface area contributed by atoms with Gasteiger partial charge in [0.05, 0.1) is 10.6 Å². The molecule has 0 aliphatic heterocycles. The van der Waals surface area contributed by atoms with Gasteiger partial charge in [-0.2, -0.15) is 5.10 Å². The van der Waals surface area contributed by atoms with Gasteiger partial charge in [0.25, 0.3) is 5.91 Å². The number of carbonyl (C=O) groups is 1. The lowest BCUT2D eigenvalue weighted by Gasteiger charge is -1.98. The average Bonchev–Trinajstić information content (AvgIpc) is 2.93. The predicted octanol–water partition coefficient (Wildman–Crippen LogP) is 2.59. The van der Waals surface area contributed by atoms with E-state index in [1.165, 1.54) is 4.88 Å². The van der Waals surface area contributed by atoms with Crippen LogP contribution in [0.3, 0.4) is 0 Å². The quantitative estimate of drug-likeness (QED) is 0.875. The van der Waals surface area contributed by atoms with Crippen LogP contribution < -0.4 is 5.32 Å². The molecule has 2 N–H and O–H groups in total. The fourth-order valence-electron chi connectivity index (χ4n) is 1.47. The molecule has 0 aliphatic rings. The van der Waals surface area contributed by atoms with Gasteiger partial charge < -0.3 is 5.32 Å². The van der Waals surface area contributed by atoms with Crippen LogP contribution in [0, 0.1) is 6.92 Å². The third kappa shape index (κ3) is 2.74. The highest BCUT2D eigenvalue weighted by Crippen LogP contribution is 2.26. The first-order chi connectivity index (χ1) is 8.20. The second kappa shape index (κ2) is 5.14. The Morgan fingerprint density at radius 2 is 2.35 bits per heavy atom. The van der Waals surface area contributed by atoms with Gasteiger partial charge in [-0.3, -0.25) is 9.89 Å². The van der Waals surface area contributed by atoms with E-state index in [4.69, 9.17) is 0 Å². The van der Waals surface area contributed by atoms with E-state index in [0.29, 0.717) is 12.2 Å². The molecular formula is C12H15N3OS. The molecule has 0 aromatic carbocycles. The molecule has 2 heterocycles. The predicted molar refractivity (Wildman–Crippen MR) is 69.3 cm³/mol. The van der Waals surface area contributed by atoms with Gasteiger partial charge in [-0.05, 0) is 31.5 Å². The molecule has 2 aromatic heterocycles. The number of aryl methyl sites for hydroxylation is 1. The number of hydrogen-bond donors (Lipinski definition) is 2. The first-order valence-corrected chi connectivity index (χ1v) is 6.42. The number of nitrogens with zero attached hydrogens (tertiary/aromatic N) is 1. The fourth-order valence-corrected chi connectivity index (χ4v) is 2.31. The highest BCUT2D eigenvalue weighted by Gasteiger charge is 2.11. The number of carbonyl (C=O) groups excluding carboxylic acids is 1. The second-order valence-corrected chi connectivity index (χ2v) is 5.12. The molecule has 4 nitrogen and oxygen atoms in total. The summed E-state index contributed by atoms with van der Waals surface area (Å²) in [4.78, 5) is 14.0. The van der Waals surface area contributed by atoms with Crippen molar-refractivity contribution >= 4 is 17.2 Å². The van der Waals surface area contributed by atoms with E-state index in [1.807, 2.05) is 13.0 Å². The molecule has 0 bridgehead atoms. The van der Waals surface area contributed by atoms with Gasteiger partial charge in [-0.1, -0.05) is 6.92 Å². The third-order valence-corrected chi connectivity index (χ3v) is 3.39. The van der Waals surface area contributed by atoms with Gasteiger partial charge in [0.1, 0.15) is 0 Å². The van der Waals surface area contributed by atoms with Crippen molar-refractivity contribution in [2.75, 3.05) is 6.54 Å². The van der Waals surface area contributed by atoms with E-state index in [9.17, 15) is 4.79 Å². The molecule has 2 rings (SSSR count). The molecule has 0 atom stereocenters. The van der Waals surface area contributed by atoms with E-state index < -0.39 is 0 Å². The van der Waals surface area contributed by atoms with Crippen LogP contribution in [0.5, 0.6) is 0 Å². The standard InChI is InChI=1S/C12H15N3OS/c1-3-6-13-12(16)10-7-9(14-15-10)11-5-4-8(2)17-11/h4-5,7H,3,6H2,1-2H3,(H,13,16)(H,14,15). The largest absolute Gasteiger partial charge is 0.351 e. The summed E-state index contributed by atoms with van der Waals surface area (Å²) in [5.41, 5.74) is 1.34. The van der Waals surface area contributed by atoms with Gasteiger partial charge in [-0.15, -0.1) is 11.3 Å². The van der Waals surface area contributed by atoms with Crippen LogP contribution in [0.25, 0.3) is 10.6 Å². The minimum atomic E-state index is -0.123. The zero-order valence-electron chi connectivity index (χ0n) is 9.91. The SMILES string of the molecule is CCCNC(=O)c1cc(-c2ccc(C)s2)[nH]n1. The number of H-pyrrole nitrogens is 1. The minimum absolute atomic E-state index is 0.123. The van der Waals surface area contributed by atoms with E-state index in [0.717, 1.165) is 17.0 Å². The Morgan fingerprint density at radius 3 is 3.00 bits per heavy atom. The Morgan fingerprint density at radius 1 is 1.53 bits per heavy atom. The normalized spacial score (nSPS) is 10.5. The molecule has 5 heteroatoms. The van der Waals surface area contributed by atoms with Crippen molar-refractivity contribution in [1.29, 1.82) is 0 Å². The summed E-state index contributed by atoms with van der Waals surface area (Å²) in [5, 5.41) is 9.72. The third-order valence-electron chi connectivity index (χ3n) is 2.35. The molecule has 0 saturated heterocycles. The van der Waals surface area contributed by atoms with Crippen molar-refractivity contribution < 1.29 is 4.79 Å². The molecule has 0 aliphatic carbocycles. The number of aromatic amines is 1. The van der Waals surface area contributed by atoms with Gasteiger partial charge in [0, 0.05) is 11.4 Å². The molecule has 2 aromatic rings. The molecule has 0 spiro atoms. The first-order valence-electron chi connectivity index (χ1n) is 5.61. The topological polar surface area (TPSA) is 57.8 Å². The van der Waals surface area contributed by atoms with Crippen LogP contribution in [0.15, 0.2) is 18.2 Å². The zero-order chi connectivity index (χ0) is 12.3. The Kier molecular flexibility index (Phi) is 3.58. The van der Waals surface area contributed by atoms with Crippen molar-refractivity contribution in [2.24, 2.45) is 0 Å². The lowest BCUT2D eigenvalue weighted by atomic mass is 10.3. The van der Waals surface area contributed by atoms with Crippen LogP contribution in [-0.4, -0.2) is 22.6 Å². The highest BCUT2D eigenvalue weighted by atomic mass is 32.1. The van der Waals surface area contributed by atoms with Crippen LogP contribution in [0.1, 0.15) is 28.7 Å². The van der Waals surface area contributed by atoms with Crippen molar-refractivity contribution in [2.45, 2.75) is 20.3 Å². The number of nitrogens with one attached hydrogen (secondary N) is 2. The lowest BCUT2D eigenvalue weighted by molar-refractivity contribution is 0.0948. The number of amides is 1. The first kappa shape index (κ1) is 11.9. The summed E-state index contributed by atoms with van der Waals surface area (Å²) in [6.45, 7) is 4.75. The maximum absolute atomic E-state index is 11.7. The molecule has 0 saturated carbocycles. The number of aromatic nitrogens is 2. The molecular weight excluding hydrogens is 234 g/mol. The number of thiophene rings is 1. The fraction of sp³-hybridized carbons (Fsp3) is 0.333. The summed E-state index contributed by atoms with van der Waals surface area (Å²) in [7, 11) is 0. The van der Waals surface area contributed by atoms with Crippen LogP contribution >= 0.6 is 11.3 Å². The maximum Gasteiger partial charge on any atom is 0.271 e. The summed E-state index contributed by atoms with van der Waals surface area (Å²) in [6, 6.07) is 5.87. The Bertz CT molecular complexity index is 515. The van der Waals surface area contributed by atoms with Crippen molar-refractivity contribution in [3.05, 3.63) is 28.8 Å². The minimum Gasteiger partial charge on any atom is -0.351 e. The second-order valence-electron chi connectivity index (χ2n) is 3.83. The van der Waals surface area contributed by atoms with Gasteiger partial charge in [0.2, 0.25) is 0 Å². The van der Waals surface area contributed by atoms with E-state index in [-0.39, 0.29) is 5.91 Å². The van der Waals surface area contributed by atoms with Crippen molar-refractivity contribution in [3.8, 4) is 10.6 Å². The number of hydrogen-bond acceptors (Lipinski definition) is 3. The summed E-state index contributed by atoms with van der Waals surface area (Å²) in [5.74, 6) is -0.123. The zero-order valence-corrected chi connectivity index (χ0v) is 10.7. The van der Waals surface area contributed by atoms with Gasteiger partial charge >= 0.3 is 0 Å². The molecule has 17 heavy (non-hydrogen) atoms. The molecule has 0 unspecified atom stereocenters. The highest BCUT2D eigenvalue weighted by molar-refractivity contribution is 7.15. The Balaban J connectivity index is 2.13. The summed E-state index contributed by atoms with van der Waals surface area (Å²) >= 11 is 1.68. The van der Waals surface area contributed by atoms with E-state index >= 15 is 0 Å². The molecule has 0 fully saturated rings. The summed E-state index contributed by atoms with van der Waals surface area (Å²) < 4.78 is 0. The van der Waals surface area contributed by atoms with Gasteiger partial charge in [-0.25, -0.2) is 0 Å². The average molecular weight is 249 g/mol. The van der Waals surface area contributed by atoms with E-state index in [1.54, 1.807) is 17.4 Å². The maximum atomic E-state index is 11.7. The number of rotatable bonds is 4. The van der Waals surface area contributed by atoms with Crippen LogP contribution in [0.4, 0.5) is 0 Å².